The number of hydrogen-bond acceptors (Lipinski definition) is 9. The summed E-state index contributed by atoms with van der Waals surface area (Å²) in [5, 5.41) is 23.2. The van der Waals surface area contributed by atoms with Crippen LogP contribution in [0.3, 0.4) is 0 Å². The lowest BCUT2D eigenvalue weighted by Crippen LogP contribution is -2.58. The van der Waals surface area contributed by atoms with Crippen LogP contribution in [0.2, 0.25) is 0 Å². The largest absolute Gasteiger partial charge is 0.455 e. The summed E-state index contributed by atoms with van der Waals surface area (Å²) in [6, 6.07) is 0. The molecule has 190 valence electrons. The molecule has 2 bridgehead atoms. The number of ether oxygens (including phenoxy) is 4. The van der Waals surface area contributed by atoms with Crippen LogP contribution in [0, 0.1) is 17.8 Å². The number of carbonyl (C=O) groups is 3. The smallest absolute Gasteiger partial charge is 0.334 e. The molecule has 34 heavy (non-hydrogen) atoms. The quantitative estimate of drug-likeness (QED) is 0.346. The molecule has 0 saturated carbocycles. The summed E-state index contributed by atoms with van der Waals surface area (Å²) >= 11 is 0. The van der Waals surface area contributed by atoms with Crippen LogP contribution >= 0.6 is 0 Å². The van der Waals surface area contributed by atoms with Crippen molar-refractivity contribution in [3.8, 4) is 0 Å². The normalized spacial score (nSPS) is 40.2. The Labute approximate surface area is 200 Å². The second-order valence-corrected chi connectivity index (χ2v) is 10.4. The molecular weight excluding hydrogens is 444 g/mol. The Balaban J connectivity index is 2.13. The predicted octanol–water partition coefficient (Wildman–Crippen LogP) is 2.19. The maximum atomic E-state index is 12.8. The van der Waals surface area contributed by atoms with E-state index in [9.17, 15) is 24.6 Å². The van der Waals surface area contributed by atoms with Gasteiger partial charge in [-0.3, -0.25) is 4.79 Å². The van der Waals surface area contributed by atoms with Crippen molar-refractivity contribution in [3.63, 3.8) is 0 Å². The fraction of sp³-hybridized carbons (Fsp3) is 0.720. The van der Waals surface area contributed by atoms with Gasteiger partial charge in [-0.05, 0) is 33.1 Å². The summed E-state index contributed by atoms with van der Waals surface area (Å²) in [6.45, 7) is 14.0. The van der Waals surface area contributed by atoms with Crippen molar-refractivity contribution < 1.29 is 43.5 Å². The highest BCUT2D eigenvalue weighted by Crippen LogP contribution is 2.50. The first-order valence-corrected chi connectivity index (χ1v) is 11.8. The third-order valence-corrected chi connectivity index (χ3v) is 7.05. The Morgan fingerprint density at radius 2 is 1.91 bits per heavy atom. The van der Waals surface area contributed by atoms with E-state index >= 15 is 0 Å². The minimum atomic E-state index is -1.97. The molecule has 3 rings (SSSR count). The average Bonchev–Trinajstić information content (AvgIpc) is 3.17. The third kappa shape index (κ3) is 4.78. The maximum Gasteiger partial charge on any atom is 0.334 e. The van der Waals surface area contributed by atoms with Gasteiger partial charge in [0, 0.05) is 29.9 Å². The number of esters is 3. The van der Waals surface area contributed by atoms with Gasteiger partial charge < -0.3 is 29.2 Å². The number of aliphatic hydroxyl groups is 2. The van der Waals surface area contributed by atoms with Gasteiger partial charge in [0.25, 0.3) is 0 Å². The van der Waals surface area contributed by atoms with E-state index in [0.717, 1.165) is 0 Å². The van der Waals surface area contributed by atoms with Crippen LogP contribution in [0.1, 0.15) is 60.8 Å². The van der Waals surface area contributed by atoms with Crippen molar-refractivity contribution in [2.75, 3.05) is 0 Å². The molecule has 3 aliphatic rings. The lowest BCUT2D eigenvalue weighted by molar-refractivity contribution is -0.277. The Morgan fingerprint density at radius 3 is 2.50 bits per heavy atom. The molecule has 2 N–H and O–H groups in total. The molecule has 0 amide bonds. The van der Waals surface area contributed by atoms with Crippen LogP contribution in [-0.4, -0.2) is 63.9 Å². The van der Waals surface area contributed by atoms with Crippen molar-refractivity contribution in [2.24, 2.45) is 17.8 Å². The van der Waals surface area contributed by atoms with Crippen LogP contribution in [0.15, 0.2) is 23.8 Å². The predicted molar refractivity (Wildman–Crippen MR) is 120 cm³/mol. The fourth-order valence-electron chi connectivity index (χ4n) is 5.07. The van der Waals surface area contributed by atoms with Crippen molar-refractivity contribution >= 4 is 17.9 Å². The van der Waals surface area contributed by atoms with Crippen LogP contribution in [0.4, 0.5) is 0 Å². The van der Waals surface area contributed by atoms with E-state index in [0.29, 0.717) is 12.0 Å². The van der Waals surface area contributed by atoms with E-state index in [1.165, 1.54) is 6.92 Å². The third-order valence-electron chi connectivity index (χ3n) is 7.05. The van der Waals surface area contributed by atoms with E-state index in [4.69, 9.17) is 18.9 Å². The molecule has 3 aliphatic heterocycles. The number of hydrogen-bond donors (Lipinski definition) is 2. The van der Waals surface area contributed by atoms with Gasteiger partial charge in [0.05, 0.1) is 12.0 Å². The number of allylic oxidation sites excluding steroid dienone is 1. The highest BCUT2D eigenvalue weighted by Gasteiger charge is 2.65. The second-order valence-electron chi connectivity index (χ2n) is 10.4. The minimum Gasteiger partial charge on any atom is -0.455 e. The van der Waals surface area contributed by atoms with Gasteiger partial charge in [-0.25, -0.2) is 9.59 Å². The molecule has 3 fully saturated rings. The van der Waals surface area contributed by atoms with E-state index < -0.39 is 65.5 Å². The summed E-state index contributed by atoms with van der Waals surface area (Å²) in [5.41, 5.74) is -1.44. The lowest BCUT2D eigenvalue weighted by atomic mass is 9.75. The zero-order valence-electron chi connectivity index (χ0n) is 20.7. The van der Waals surface area contributed by atoms with Gasteiger partial charge in [0.15, 0.2) is 18.3 Å². The Bertz CT molecular complexity index is 889. The molecule has 0 aliphatic carbocycles. The standard InChI is InChI=1S/C25H36O9/c1-8-13(4)22(27)33-20-18-15(6)23(28)32-19(18)21(31-17(26)9-12(2)3)24(7,29)11-16-10-14(5)25(20,30)34-16/h8,12,14,16,18-21,29-30H,6,9-11H2,1-5,7H3/b13-8-/t14-,16?,18+,19+,20-,21-,24+,25?/m0/s1. The van der Waals surface area contributed by atoms with Crippen molar-refractivity contribution in [2.45, 2.75) is 96.6 Å². The fourth-order valence-corrected chi connectivity index (χ4v) is 5.07. The molecule has 0 spiro atoms. The Hall–Kier alpha value is -2.23. The monoisotopic (exact) mass is 480 g/mol. The number of carbonyl (C=O) groups excluding carboxylic acids is 3. The van der Waals surface area contributed by atoms with Crippen LogP contribution < -0.4 is 0 Å². The SMILES string of the molecule is C=C1C(=O)O[C@@H]2[C@@H]1[C@H](OC(=O)/C(C)=C\C)C1(O)OC(C[C@@H]1C)C[C@@](C)(O)[C@H]2OC(=O)CC(C)C. The van der Waals surface area contributed by atoms with E-state index in [1.807, 2.05) is 13.8 Å². The van der Waals surface area contributed by atoms with Gasteiger partial charge in [-0.2, -0.15) is 0 Å². The summed E-state index contributed by atoms with van der Waals surface area (Å²) in [4.78, 5) is 38.1. The average molecular weight is 481 g/mol. The second kappa shape index (κ2) is 9.43. The first-order chi connectivity index (χ1) is 15.7. The van der Waals surface area contributed by atoms with Crippen molar-refractivity contribution in [3.05, 3.63) is 23.8 Å². The van der Waals surface area contributed by atoms with E-state index in [2.05, 4.69) is 6.58 Å². The Kier molecular flexibility index (Phi) is 7.32. The zero-order valence-corrected chi connectivity index (χ0v) is 20.7. The van der Waals surface area contributed by atoms with E-state index in [1.54, 1.807) is 26.8 Å². The zero-order chi connectivity index (χ0) is 25.6. The number of fused-ring (bicyclic) bond motifs is 3. The highest BCUT2D eigenvalue weighted by atomic mass is 16.7. The summed E-state index contributed by atoms with van der Waals surface area (Å²) in [6.07, 6.45) is -2.53. The van der Waals surface area contributed by atoms with Gasteiger partial charge in [-0.15, -0.1) is 0 Å². The lowest BCUT2D eigenvalue weighted by Gasteiger charge is -2.41. The molecule has 9 heteroatoms. The molecule has 8 atom stereocenters. The molecule has 0 aromatic heterocycles. The molecular formula is C25H36O9. The van der Waals surface area contributed by atoms with Crippen LogP contribution in [0.25, 0.3) is 0 Å². The van der Waals surface area contributed by atoms with Gasteiger partial charge in [0.2, 0.25) is 5.79 Å². The Morgan fingerprint density at radius 1 is 1.26 bits per heavy atom. The van der Waals surface area contributed by atoms with Crippen LogP contribution in [0.5, 0.6) is 0 Å². The maximum absolute atomic E-state index is 12.8. The topological polar surface area (TPSA) is 129 Å². The first-order valence-electron chi connectivity index (χ1n) is 11.8. The van der Waals surface area contributed by atoms with Gasteiger partial charge in [0.1, 0.15) is 5.60 Å². The first kappa shape index (κ1) is 26.4. The van der Waals surface area contributed by atoms with Crippen LogP contribution in [-0.2, 0) is 33.3 Å². The van der Waals surface area contributed by atoms with Crippen molar-refractivity contribution in [1.29, 1.82) is 0 Å². The number of rotatable bonds is 5. The van der Waals surface area contributed by atoms with Crippen molar-refractivity contribution in [1.82, 2.24) is 0 Å². The molecule has 3 heterocycles. The highest BCUT2D eigenvalue weighted by molar-refractivity contribution is 5.92. The molecule has 0 aromatic rings. The molecule has 0 radical (unpaired) electrons. The van der Waals surface area contributed by atoms with E-state index in [-0.39, 0.29) is 24.3 Å². The van der Waals surface area contributed by atoms with Gasteiger partial charge >= 0.3 is 17.9 Å². The molecule has 9 nitrogen and oxygen atoms in total. The summed E-state index contributed by atoms with van der Waals surface area (Å²) in [7, 11) is 0. The molecule has 0 aromatic carbocycles. The summed E-state index contributed by atoms with van der Waals surface area (Å²) < 4.78 is 23.0. The molecule has 2 unspecified atom stereocenters. The summed E-state index contributed by atoms with van der Waals surface area (Å²) in [5.74, 6) is -5.64. The minimum absolute atomic E-state index is 0.00107. The van der Waals surface area contributed by atoms with Gasteiger partial charge in [-0.1, -0.05) is 33.4 Å². The molecule has 3 saturated heterocycles.